The fraction of sp³-hybridized carbons (Fsp3) is 0.391. The Hall–Kier alpha value is -2.71. The summed E-state index contributed by atoms with van der Waals surface area (Å²) in [7, 11) is -3.74. The molecule has 0 radical (unpaired) electrons. The summed E-state index contributed by atoms with van der Waals surface area (Å²) in [5, 5.41) is 4.24. The summed E-state index contributed by atoms with van der Waals surface area (Å²) in [6, 6.07) is 18.6. The molecule has 0 saturated heterocycles. The molecule has 0 heterocycles. The molecular weight excluding hydrogens is 418 g/mol. The molecule has 2 rings (SSSR count). The number of carbonyl (C=O) groups is 1. The normalized spacial score (nSPS) is 12.9. The molecule has 0 aromatic heterocycles. The van der Waals surface area contributed by atoms with Gasteiger partial charge in [0.25, 0.3) is 10.1 Å². The predicted molar refractivity (Wildman–Crippen MR) is 119 cm³/mol. The van der Waals surface area contributed by atoms with E-state index in [0.717, 1.165) is 11.8 Å². The van der Waals surface area contributed by atoms with Gasteiger partial charge < -0.3 is 9.57 Å². The van der Waals surface area contributed by atoms with E-state index in [9.17, 15) is 13.2 Å². The minimum Gasteiger partial charge on any atom is -0.466 e. The maximum Gasteiger partial charge on any atom is 0.305 e. The third-order valence-electron chi connectivity index (χ3n) is 4.26. The van der Waals surface area contributed by atoms with Gasteiger partial charge in [-0.05, 0) is 25.3 Å². The number of benzene rings is 2. The zero-order valence-electron chi connectivity index (χ0n) is 17.9. The average Bonchev–Trinajstić information content (AvgIpc) is 2.73. The predicted octanol–water partition coefficient (Wildman–Crippen LogP) is 3.73. The first-order chi connectivity index (χ1) is 14.9. The first-order valence-electron chi connectivity index (χ1n) is 10.2. The minimum absolute atomic E-state index is 0.236. The second-order valence-corrected chi connectivity index (χ2v) is 8.52. The molecule has 0 N–H and O–H groups in total. The van der Waals surface area contributed by atoms with Gasteiger partial charge in [0.15, 0.2) is 0 Å². The summed E-state index contributed by atoms with van der Waals surface area (Å²) in [4.78, 5) is 16.9. The van der Waals surface area contributed by atoms with Gasteiger partial charge in [0.1, 0.15) is 18.4 Å². The molecule has 0 unspecified atom stereocenters. The van der Waals surface area contributed by atoms with Crippen molar-refractivity contribution in [1.29, 1.82) is 0 Å². The Morgan fingerprint density at radius 1 is 1.00 bits per heavy atom. The van der Waals surface area contributed by atoms with Crippen molar-refractivity contribution in [3.63, 3.8) is 0 Å². The van der Waals surface area contributed by atoms with Crippen LogP contribution < -0.4 is 0 Å². The van der Waals surface area contributed by atoms with Crippen LogP contribution in [0.1, 0.15) is 37.3 Å². The standard InChI is InChI=1S/C23H29NO6S/c1-3-28-22(25)16-10-11-17-29-24-23(20-14-8-5-9-15-20)21(30-31(2,26)27)18-19-12-6-4-7-13-19/h4-9,12-15,21H,3,10-11,16-18H2,1-2H3/b24-23+/t21-/m0/s1. The van der Waals surface area contributed by atoms with Gasteiger partial charge in [-0.15, -0.1) is 0 Å². The van der Waals surface area contributed by atoms with Crippen LogP contribution in [0.25, 0.3) is 0 Å². The van der Waals surface area contributed by atoms with Gasteiger partial charge in [0.05, 0.1) is 12.9 Å². The molecule has 0 aliphatic rings. The highest BCUT2D eigenvalue weighted by Gasteiger charge is 2.24. The lowest BCUT2D eigenvalue weighted by atomic mass is 9.99. The van der Waals surface area contributed by atoms with Crippen molar-refractivity contribution >= 4 is 21.8 Å². The third kappa shape index (κ3) is 9.76. The molecule has 8 heteroatoms. The van der Waals surface area contributed by atoms with Crippen LogP contribution in [-0.4, -0.2) is 45.7 Å². The smallest absolute Gasteiger partial charge is 0.305 e. The van der Waals surface area contributed by atoms with E-state index in [4.69, 9.17) is 13.8 Å². The van der Waals surface area contributed by atoms with E-state index in [1.54, 1.807) is 6.92 Å². The second-order valence-electron chi connectivity index (χ2n) is 6.92. The van der Waals surface area contributed by atoms with E-state index in [0.29, 0.717) is 43.6 Å². The molecule has 0 aliphatic heterocycles. The quantitative estimate of drug-likeness (QED) is 0.153. The molecule has 168 valence electrons. The Morgan fingerprint density at radius 3 is 2.26 bits per heavy atom. The zero-order chi connectivity index (χ0) is 22.5. The van der Waals surface area contributed by atoms with E-state index in [1.165, 1.54) is 0 Å². The van der Waals surface area contributed by atoms with Gasteiger partial charge in [-0.2, -0.15) is 8.42 Å². The SMILES string of the molecule is CCOC(=O)CCCCO/N=C(\c1ccccc1)[C@H](Cc1ccccc1)OS(C)(=O)=O. The van der Waals surface area contributed by atoms with Crippen molar-refractivity contribution in [3.05, 3.63) is 71.8 Å². The van der Waals surface area contributed by atoms with E-state index in [-0.39, 0.29) is 12.6 Å². The van der Waals surface area contributed by atoms with Gasteiger partial charge in [-0.25, -0.2) is 0 Å². The third-order valence-corrected chi connectivity index (χ3v) is 4.85. The van der Waals surface area contributed by atoms with Crippen molar-refractivity contribution in [2.24, 2.45) is 5.16 Å². The Balaban J connectivity index is 2.15. The van der Waals surface area contributed by atoms with E-state index in [2.05, 4.69) is 5.16 Å². The average molecular weight is 448 g/mol. The molecule has 2 aromatic carbocycles. The number of hydrogen-bond acceptors (Lipinski definition) is 7. The largest absolute Gasteiger partial charge is 0.466 e. The summed E-state index contributed by atoms with van der Waals surface area (Å²) < 4.78 is 34.2. The molecule has 0 saturated carbocycles. The molecule has 0 aliphatic carbocycles. The van der Waals surface area contributed by atoms with Crippen molar-refractivity contribution in [3.8, 4) is 0 Å². The van der Waals surface area contributed by atoms with Crippen molar-refractivity contribution in [2.45, 2.75) is 38.7 Å². The Kier molecular flexibility index (Phi) is 10.2. The van der Waals surface area contributed by atoms with Gasteiger partial charge >= 0.3 is 5.97 Å². The summed E-state index contributed by atoms with van der Waals surface area (Å²) in [6.07, 6.45) is 2.03. The summed E-state index contributed by atoms with van der Waals surface area (Å²) in [5.74, 6) is -0.236. The lowest BCUT2D eigenvalue weighted by Gasteiger charge is -2.19. The van der Waals surface area contributed by atoms with E-state index >= 15 is 0 Å². The van der Waals surface area contributed by atoms with Gasteiger partial charge in [0.2, 0.25) is 0 Å². The number of hydrogen-bond donors (Lipinski definition) is 0. The molecule has 7 nitrogen and oxygen atoms in total. The van der Waals surface area contributed by atoms with Crippen LogP contribution in [0.3, 0.4) is 0 Å². The number of nitrogens with zero attached hydrogens (tertiary/aromatic N) is 1. The highest BCUT2D eigenvalue weighted by molar-refractivity contribution is 7.86. The summed E-state index contributed by atoms with van der Waals surface area (Å²) >= 11 is 0. The molecule has 2 aromatic rings. The molecule has 0 amide bonds. The van der Waals surface area contributed by atoms with Crippen LogP contribution in [0.2, 0.25) is 0 Å². The number of oxime groups is 1. The number of carbonyl (C=O) groups excluding carboxylic acids is 1. The highest BCUT2D eigenvalue weighted by Crippen LogP contribution is 2.16. The monoisotopic (exact) mass is 447 g/mol. The molecule has 0 bridgehead atoms. The van der Waals surface area contributed by atoms with Crippen LogP contribution in [-0.2, 0) is 35.1 Å². The van der Waals surface area contributed by atoms with Gasteiger partial charge in [-0.1, -0.05) is 65.8 Å². The topological polar surface area (TPSA) is 91.3 Å². The Labute approximate surface area is 184 Å². The summed E-state index contributed by atoms with van der Waals surface area (Å²) in [6.45, 7) is 2.42. The molecular formula is C23H29NO6S. The fourth-order valence-electron chi connectivity index (χ4n) is 2.91. The molecule has 0 fully saturated rings. The first kappa shape index (κ1) is 24.6. The maximum atomic E-state index is 11.9. The van der Waals surface area contributed by atoms with Crippen molar-refractivity contribution < 1.29 is 27.0 Å². The zero-order valence-corrected chi connectivity index (χ0v) is 18.7. The Bertz CT molecular complexity index is 929. The van der Waals surface area contributed by atoms with Crippen LogP contribution in [0, 0.1) is 0 Å². The van der Waals surface area contributed by atoms with E-state index < -0.39 is 16.2 Å². The first-order valence-corrected chi connectivity index (χ1v) is 12.0. The lowest BCUT2D eigenvalue weighted by Crippen LogP contribution is -2.30. The van der Waals surface area contributed by atoms with Crippen LogP contribution >= 0.6 is 0 Å². The van der Waals surface area contributed by atoms with Crippen LogP contribution in [0.4, 0.5) is 0 Å². The molecule has 1 atom stereocenters. The molecule has 31 heavy (non-hydrogen) atoms. The van der Waals surface area contributed by atoms with Crippen LogP contribution in [0.15, 0.2) is 65.8 Å². The number of esters is 1. The summed E-state index contributed by atoms with van der Waals surface area (Å²) in [5.41, 5.74) is 2.01. The second kappa shape index (κ2) is 12.9. The van der Waals surface area contributed by atoms with Crippen molar-refractivity contribution in [2.75, 3.05) is 19.5 Å². The van der Waals surface area contributed by atoms with Crippen molar-refractivity contribution in [1.82, 2.24) is 0 Å². The lowest BCUT2D eigenvalue weighted by molar-refractivity contribution is -0.143. The number of rotatable bonds is 13. The fourth-order valence-corrected chi connectivity index (χ4v) is 3.49. The maximum absolute atomic E-state index is 11.9. The van der Waals surface area contributed by atoms with Crippen LogP contribution in [0.5, 0.6) is 0 Å². The van der Waals surface area contributed by atoms with Gasteiger partial charge in [-0.3, -0.25) is 8.98 Å². The van der Waals surface area contributed by atoms with Gasteiger partial charge in [0, 0.05) is 18.4 Å². The highest BCUT2D eigenvalue weighted by atomic mass is 32.2. The van der Waals surface area contributed by atoms with E-state index in [1.807, 2.05) is 60.7 Å². The number of unbranched alkanes of at least 4 members (excludes halogenated alkanes) is 1. The number of ether oxygens (including phenoxy) is 1. The Morgan fingerprint density at radius 2 is 1.65 bits per heavy atom. The molecule has 0 spiro atoms. The minimum atomic E-state index is -3.74.